The van der Waals surface area contributed by atoms with E-state index >= 15 is 0 Å². The summed E-state index contributed by atoms with van der Waals surface area (Å²) in [5.74, 6) is -0.988. The van der Waals surface area contributed by atoms with Crippen LogP contribution in [0, 0.1) is 11.8 Å². The van der Waals surface area contributed by atoms with E-state index in [0.717, 1.165) is 25.0 Å². The molecule has 0 spiro atoms. The van der Waals surface area contributed by atoms with Crippen molar-refractivity contribution in [1.29, 1.82) is 0 Å². The summed E-state index contributed by atoms with van der Waals surface area (Å²) in [6.45, 7) is 2.14. The number of amides is 2. The molecule has 6 heteroatoms. The summed E-state index contributed by atoms with van der Waals surface area (Å²) < 4.78 is 3.87. The fourth-order valence-corrected chi connectivity index (χ4v) is 4.70. The van der Waals surface area contributed by atoms with Gasteiger partial charge in [-0.15, -0.1) is 11.8 Å². The number of methoxy groups -OCH3 is 1. The highest BCUT2D eigenvalue weighted by Crippen LogP contribution is 2.57. The normalized spacial score (nSPS) is 31.5. The molecule has 0 aromatic heterocycles. The standard InChI is InChI=1S/C14H21NO4S/c1-3-4-5-6-7-20-14-9(11(16)15-13(14)18)8-10(14)12(17)19-2/h9-10H,3-8H2,1-2H3,(H,15,16,18)/t9-,10-,14-/m1/s1. The zero-order chi connectivity index (χ0) is 14.8. The molecule has 0 aromatic carbocycles. The van der Waals surface area contributed by atoms with Crippen LogP contribution in [0.4, 0.5) is 0 Å². The van der Waals surface area contributed by atoms with Crippen LogP contribution < -0.4 is 5.32 Å². The number of unbranched alkanes of at least 4 members (excludes halogenated alkanes) is 3. The van der Waals surface area contributed by atoms with Crippen molar-refractivity contribution in [1.82, 2.24) is 5.32 Å². The SMILES string of the molecule is CCCCCCS[C@]12C(=O)NC(=O)[C@H]1C[C@@H]2C(=O)OC. The van der Waals surface area contributed by atoms with Crippen molar-refractivity contribution >= 4 is 29.5 Å². The lowest BCUT2D eigenvalue weighted by atomic mass is 9.65. The van der Waals surface area contributed by atoms with Crippen LogP contribution in [0.15, 0.2) is 0 Å². The molecule has 1 aliphatic heterocycles. The molecule has 1 N–H and O–H groups in total. The van der Waals surface area contributed by atoms with Crippen LogP contribution in [0.3, 0.4) is 0 Å². The second-order valence-electron chi connectivity index (χ2n) is 5.38. The fraction of sp³-hybridized carbons (Fsp3) is 0.786. The molecular weight excluding hydrogens is 278 g/mol. The van der Waals surface area contributed by atoms with Gasteiger partial charge >= 0.3 is 5.97 Å². The highest BCUT2D eigenvalue weighted by atomic mass is 32.2. The number of ether oxygens (including phenoxy) is 1. The van der Waals surface area contributed by atoms with Gasteiger partial charge in [0, 0.05) is 0 Å². The number of rotatable bonds is 7. The van der Waals surface area contributed by atoms with Gasteiger partial charge in [0.25, 0.3) is 0 Å². The molecule has 1 saturated carbocycles. The minimum Gasteiger partial charge on any atom is -0.469 e. The number of nitrogens with one attached hydrogen (secondary N) is 1. The summed E-state index contributed by atoms with van der Waals surface area (Å²) in [5.41, 5.74) is 0. The van der Waals surface area contributed by atoms with Crippen LogP contribution in [0.2, 0.25) is 0 Å². The van der Waals surface area contributed by atoms with E-state index in [1.54, 1.807) is 0 Å². The minimum absolute atomic E-state index is 0.240. The van der Waals surface area contributed by atoms with E-state index in [1.807, 2.05) is 0 Å². The molecular formula is C14H21NO4S. The molecule has 2 rings (SSSR count). The van der Waals surface area contributed by atoms with E-state index in [0.29, 0.717) is 6.42 Å². The van der Waals surface area contributed by atoms with E-state index in [1.165, 1.54) is 25.3 Å². The maximum absolute atomic E-state index is 12.2. The first kappa shape index (κ1) is 15.4. The molecule has 2 aliphatic rings. The lowest BCUT2D eigenvalue weighted by molar-refractivity contribution is -0.155. The summed E-state index contributed by atoms with van der Waals surface area (Å²) >= 11 is 1.46. The van der Waals surface area contributed by atoms with Crippen molar-refractivity contribution < 1.29 is 19.1 Å². The minimum atomic E-state index is -0.906. The summed E-state index contributed by atoms with van der Waals surface area (Å²) in [6, 6.07) is 0. The molecule has 2 fully saturated rings. The van der Waals surface area contributed by atoms with Crippen molar-refractivity contribution in [2.75, 3.05) is 12.9 Å². The van der Waals surface area contributed by atoms with Crippen LogP contribution in [0.1, 0.15) is 39.0 Å². The third-order valence-corrected chi connectivity index (χ3v) is 5.96. The van der Waals surface area contributed by atoms with E-state index < -0.39 is 10.7 Å². The van der Waals surface area contributed by atoms with Crippen molar-refractivity contribution in [2.45, 2.75) is 43.8 Å². The van der Waals surface area contributed by atoms with E-state index in [9.17, 15) is 14.4 Å². The molecule has 1 aliphatic carbocycles. The molecule has 1 saturated heterocycles. The topological polar surface area (TPSA) is 72.5 Å². The van der Waals surface area contributed by atoms with Gasteiger partial charge < -0.3 is 4.74 Å². The maximum Gasteiger partial charge on any atom is 0.310 e. The van der Waals surface area contributed by atoms with Gasteiger partial charge in [0.05, 0.1) is 18.9 Å². The molecule has 5 nitrogen and oxygen atoms in total. The molecule has 0 bridgehead atoms. The van der Waals surface area contributed by atoms with Gasteiger partial charge in [0.1, 0.15) is 4.75 Å². The van der Waals surface area contributed by atoms with Gasteiger partial charge in [-0.25, -0.2) is 0 Å². The number of esters is 1. The van der Waals surface area contributed by atoms with Crippen LogP contribution in [-0.2, 0) is 19.1 Å². The van der Waals surface area contributed by atoms with Crippen LogP contribution in [-0.4, -0.2) is 35.4 Å². The number of fused-ring (bicyclic) bond motifs is 1. The predicted octanol–water partition coefficient (Wildman–Crippen LogP) is 1.50. The summed E-state index contributed by atoms with van der Waals surface area (Å²) in [7, 11) is 1.32. The third-order valence-electron chi connectivity index (χ3n) is 4.24. The van der Waals surface area contributed by atoms with E-state index in [2.05, 4.69) is 12.2 Å². The van der Waals surface area contributed by atoms with Gasteiger partial charge in [-0.3, -0.25) is 19.7 Å². The Hall–Kier alpha value is -1.04. The highest BCUT2D eigenvalue weighted by Gasteiger charge is 2.70. The summed E-state index contributed by atoms with van der Waals surface area (Å²) in [5, 5.41) is 2.37. The Morgan fingerprint density at radius 2 is 2.15 bits per heavy atom. The van der Waals surface area contributed by atoms with Crippen molar-refractivity contribution in [3.05, 3.63) is 0 Å². The Morgan fingerprint density at radius 3 is 2.75 bits per heavy atom. The number of hydrogen-bond donors (Lipinski definition) is 1. The zero-order valence-corrected chi connectivity index (χ0v) is 12.8. The van der Waals surface area contributed by atoms with Gasteiger partial charge in [-0.1, -0.05) is 26.2 Å². The van der Waals surface area contributed by atoms with Crippen molar-refractivity contribution in [3.63, 3.8) is 0 Å². The average Bonchev–Trinajstić information content (AvgIpc) is 2.57. The molecule has 112 valence electrons. The van der Waals surface area contributed by atoms with Crippen molar-refractivity contribution in [3.8, 4) is 0 Å². The number of thioether (sulfide) groups is 1. The fourth-order valence-electron chi connectivity index (χ4n) is 3.03. The molecule has 0 aromatic rings. The zero-order valence-electron chi connectivity index (χ0n) is 11.9. The Bertz CT molecular complexity index is 425. The number of carbonyl (C=O) groups excluding carboxylic acids is 3. The Labute approximate surface area is 123 Å². The number of imide groups is 1. The van der Waals surface area contributed by atoms with Gasteiger partial charge in [-0.05, 0) is 18.6 Å². The highest BCUT2D eigenvalue weighted by molar-refractivity contribution is 8.01. The van der Waals surface area contributed by atoms with Crippen LogP contribution in [0.25, 0.3) is 0 Å². The molecule has 0 unspecified atom stereocenters. The third kappa shape index (κ3) is 2.34. The Kier molecular flexibility index (Phi) is 4.73. The van der Waals surface area contributed by atoms with E-state index in [-0.39, 0.29) is 23.7 Å². The Morgan fingerprint density at radius 1 is 1.40 bits per heavy atom. The van der Waals surface area contributed by atoms with Crippen LogP contribution in [0.5, 0.6) is 0 Å². The molecule has 3 atom stereocenters. The van der Waals surface area contributed by atoms with Crippen molar-refractivity contribution in [2.24, 2.45) is 11.8 Å². The first-order valence-electron chi connectivity index (χ1n) is 7.15. The number of carbonyl (C=O) groups is 3. The predicted molar refractivity (Wildman–Crippen MR) is 76.1 cm³/mol. The first-order valence-corrected chi connectivity index (χ1v) is 8.13. The second kappa shape index (κ2) is 6.16. The van der Waals surface area contributed by atoms with Gasteiger partial charge in [-0.2, -0.15) is 0 Å². The quantitative estimate of drug-likeness (QED) is 0.438. The lowest BCUT2D eigenvalue weighted by Crippen LogP contribution is -2.59. The lowest BCUT2D eigenvalue weighted by Gasteiger charge is -2.46. The summed E-state index contributed by atoms with van der Waals surface area (Å²) in [6.07, 6.45) is 4.86. The molecule has 0 radical (unpaired) electrons. The monoisotopic (exact) mass is 299 g/mol. The molecule has 2 amide bonds. The molecule has 1 heterocycles. The largest absolute Gasteiger partial charge is 0.469 e. The Balaban J connectivity index is 2.03. The maximum atomic E-state index is 12.2. The summed E-state index contributed by atoms with van der Waals surface area (Å²) in [4.78, 5) is 35.7. The second-order valence-corrected chi connectivity index (χ2v) is 6.76. The smallest absolute Gasteiger partial charge is 0.310 e. The van der Waals surface area contributed by atoms with Gasteiger partial charge in [0.2, 0.25) is 11.8 Å². The van der Waals surface area contributed by atoms with Gasteiger partial charge in [0.15, 0.2) is 0 Å². The van der Waals surface area contributed by atoms with Crippen LogP contribution >= 0.6 is 11.8 Å². The number of hydrogen-bond acceptors (Lipinski definition) is 5. The molecule has 20 heavy (non-hydrogen) atoms. The van der Waals surface area contributed by atoms with E-state index in [4.69, 9.17) is 4.74 Å². The average molecular weight is 299 g/mol. The first-order chi connectivity index (χ1) is 9.57.